The maximum Gasteiger partial charge on any atom is 0.243 e. The van der Waals surface area contributed by atoms with Crippen LogP contribution in [0.25, 0.3) is 27.9 Å². The lowest BCUT2D eigenvalue weighted by atomic mass is 10.0. The summed E-state index contributed by atoms with van der Waals surface area (Å²) in [4.78, 5) is 16.4. The Morgan fingerprint density at radius 1 is 1.19 bits per heavy atom. The molecule has 0 bridgehead atoms. The molecule has 1 saturated heterocycles. The Balaban J connectivity index is 1.44. The van der Waals surface area contributed by atoms with Crippen LogP contribution in [0.3, 0.4) is 0 Å². The molecule has 10 nitrogen and oxygen atoms in total. The summed E-state index contributed by atoms with van der Waals surface area (Å²) in [5.41, 5.74) is 4.28. The molecule has 11 heteroatoms. The van der Waals surface area contributed by atoms with E-state index in [0.29, 0.717) is 31.3 Å². The maximum absolute atomic E-state index is 14.9. The number of fused-ring (bicyclic) bond motifs is 2. The van der Waals surface area contributed by atoms with Gasteiger partial charge in [0.15, 0.2) is 11.5 Å². The Hall–Kier alpha value is -3.31. The molecule has 1 fully saturated rings. The third kappa shape index (κ3) is 4.48. The molecule has 2 atom stereocenters. The zero-order valence-corrected chi connectivity index (χ0v) is 21.5. The van der Waals surface area contributed by atoms with Crippen LogP contribution in [0.2, 0.25) is 0 Å². The first kappa shape index (κ1) is 24.4. The molecular weight excluding hydrogens is 461 g/mol. The van der Waals surface area contributed by atoms with Gasteiger partial charge >= 0.3 is 0 Å². The van der Waals surface area contributed by atoms with Gasteiger partial charge in [0.05, 0.1) is 18.3 Å². The first-order valence-corrected chi connectivity index (χ1v) is 12.4. The van der Waals surface area contributed by atoms with Gasteiger partial charge in [-0.05, 0) is 45.4 Å². The minimum atomic E-state index is -1.02. The molecule has 192 valence electrons. The molecule has 5 rings (SSSR count). The lowest BCUT2D eigenvalue weighted by Crippen LogP contribution is -2.48. The molecule has 4 aromatic heterocycles. The van der Waals surface area contributed by atoms with E-state index in [1.165, 1.54) is 0 Å². The van der Waals surface area contributed by atoms with E-state index >= 15 is 0 Å². The van der Waals surface area contributed by atoms with Gasteiger partial charge in [-0.15, -0.1) is 5.10 Å². The monoisotopic (exact) mass is 495 g/mol. The Morgan fingerprint density at radius 2 is 2.03 bits per heavy atom. The molecule has 2 N–H and O–H groups in total. The minimum absolute atomic E-state index is 0.250. The molecule has 0 aliphatic carbocycles. The van der Waals surface area contributed by atoms with Crippen LogP contribution >= 0.6 is 0 Å². The molecule has 36 heavy (non-hydrogen) atoms. The van der Waals surface area contributed by atoms with Crippen LogP contribution < -0.4 is 10.6 Å². The number of pyridine rings is 1. The van der Waals surface area contributed by atoms with E-state index in [2.05, 4.69) is 49.0 Å². The molecule has 0 amide bonds. The first-order chi connectivity index (χ1) is 17.4. The number of hydrogen-bond acceptors (Lipinski definition) is 8. The maximum atomic E-state index is 14.9. The van der Waals surface area contributed by atoms with E-state index in [-0.39, 0.29) is 12.1 Å². The van der Waals surface area contributed by atoms with E-state index in [1.54, 1.807) is 11.6 Å². The molecule has 0 unspecified atom stereocenters. The van der Waals surface area contributed by atoms with Gasteiger partial charge in [0.25, 0.3) is 0 Å². The van der Waals surface area contributed by atoms with Crippen LogP contribution in [0, 0.1) is 6.92 Å². The average molecular weight is 496 g/mol. The predicted molar refractivity (Wildman–Crippen MR) is 139 cm³/mol. The van der Waals surface area contributed by atoms with Gasteiger partial charge in [0.2, 0.25) is 5.95 Å². The average Bonchev–Trinajstić information content (AvgIpc) is 3.43. The van der Waals surface area contributed by atoms with Gasteiger partial charge in [-0.1, -0.05) is 0 Å². The molecule has 4 aromatic rings. The highest BCUT2D eigenvalue weighted by molar-refractivity contribution is 5.89. The second-order valence-corrected chi connectivity index (χ2v) is 9.57. The van der Waals surface area contributed by atoms with Crippen LogP contribution in [0.5, 0.6) is 0 Å². The van der Waals surface area contributed by atoms with Crippen molar-refractivity contribution in [2.75, 3.05) is 51.0 Å². The number of aryl methyl sites for hydroxylation is 1. The number of piperidine rings is 1. The highest BCUT2D eigenvalue weighted by atomic mass is 19.1. The number of imidazole rings is 1. The van der Waals surface area contributed by atoms with Crippen LogP contribution in [-0.4, -0.2) is 86.6 Å². The van der Waals surface area contributed by atoms with E-state index in [0.717, 1.165) is 46.9 Å². The highest BCUT2D eigenvalue weighted by Gasteiger charge is 2.30. The Bertz CT molecular complexity index is 1360. The standard InChI is InChI=1S/C25H34FN9O/c1-15(2)35-16(3)28-21-7-6-19(29-24(21)35)17-8-11-34-22(17)23(27-4)31-25(32-34)30-20-9-10-33(12-13-36-5)14-18(20)26/h6-8,11,15,18,20H,9-10,12-14H2,1-5H3,(H2,27,30,31,32)/t18-,20+/m0/s1. The van der Waals surface area contributed by atoms with E-state index in [1.807, 2.05) is 38.4 Å². The summed E-state index contributed by atoms with van der Waals surface area (Å²) in [5, 5.41) is 11.1. The fourth-order valence-electron chi connectivity index (χ4n) is 5.04. The van der Waals surface area contributed by atoms with Gasteiger partial charge in [-0.2, -0.15) is 4.98 Å². The summed E-state index contributed by atoms with van der Waals surface area (Å²) in [6.07, 6.45) is 1.54. The number of nitrogens with one attached hydrogen (secondary N) is 2. The molecule has 0 aromatic carbocycles. The predicted octanol–water partition coefficient (Wildman–Crippen LogP) is 3.54. The summed E-state index contributed by atoms with van der Waals surface area (Å²) in [6.45, 7) is 8.77. The zero-order valence-electron chi connectivity index (χ0n) is 21.5. The fourth-order valence-corrected chi connectivity index (χ4v) is 5.04. The number of methoxy groups -OCH3 is 1. The van der Waals surface area contributed by atoms with Gasteiger partial charge in [-0.25, -0.2) is 18.9 Å². The second-order valence-electron chi connectivity index (χ2n) is 9.57. The lowest BCUT2D eigenvalue weighted by molar-refractivity contribution is 0.0918. The molecule has 1 aliphatic rings. The van der Waals surface area contributed by atoms with Crippen molar-refractivity contribution < 1.29 is 9.13 Å². The Morgan fingerprint density at radius 3 is 2.75 bits per heavy atom. The van der Waals surface area contributed by atoms with Gasteiger partial charge in [0.1, 0.15) is 23.0 Å². The summed E-state index contributed by atoms with van der Waals surface area (Å²) >= 11 is 0. The quantitative estimate of drug-likeness (QED) is 0.383. The van der Waals surface area contributed by atoms with Gasteiger partial charge in [0, 0.05) is 51.6 Å². The normalized spacial score (nSPS) is 19.0. The number of nitrogens with zero attached hydrogens (tertiary/aromatic N) is 7. The largest absolute Gasteiger partial charge is 0.383 e. The van der Waals surface area contributed by atoms with Crippen molar-refractivity contribution in [1.82, 2.24) is 34.0 Å². The van der Waals surface area contributed by atoms with Crippen LogP contribution in [0.15, 0.2) is 24.4 Å². The summed E-state index contributed by atoms with van der Waals surface area (Å²) in [6, 6.07) is 5.87. The van der Waals surface area contributed by atoms with E-state index in [4.69, 9.17) is 9.72 Å². The molecule has 0 spiro atoms. The third-order valence-electron chi connectivity index (χ3n) is 6.81. The topological polar surface area (TPSA) is 97.4 Å². The van der Waals surface area contributed by atoms with Crippen LogP contribution in [-0.2, 0) is 4.74 Å². The lowest BCUT2D eigenvalue weighted by Gasteiger charge is -2.34. The number of likely N-dealkylation sites (tertiary alicyclic amines) is 1. The number of hydrogen-bond donors (Lipinski definition) is 2. The first-order valence-electron chi connectivity index (χ1n) is 12.4. The number of ether oxygens (including phenoxy) is 1. The molecule has 0 radical (unpaired) electrons. The zero-order chi connectivity index (χ0) is 25.4. The van der Waals surface area contributed by atoms with Gasteiger partial charge in [-0.3, -0.25) is 4.90 Å². The highest BCUT2D eigenvalue weighted by Crippen LogP contribution is 2.31. The van der Waals surface area contributed by atoms with Crippen molar-refractivity contribution in [2.24, 2.45) is 0 Å². The van der Waals surface area contributed by atoms with Gasteiger partial charge < -0.3 is 19.9 Å². The number of anilines is 2. The molecule has 5 heterocycles. The van der Waals surface area contributed by atoms with Crippen molar-refractivity contribution in [2.45, 2.75) is 45.4 Å². The summed E-state index contributed by atoms with van der Waals surface area (Å²) in [7, 11) is 3.49. The number of aromatic nitrogens is 6. The molecule has 0 saturated carbocycles. The van der Waals surface area contributed by atoms with Crippen molar-refractivity contribution in [1.29, 1.82) is 0 Å². The van der Waals surface area contributed by atoms with Crippen LogP contribution in [0.4, 0.5) is 16.2 Å². The second kappa shape index (κ2) is 9.98. The minimum Gasteiger partial charge on any atom is -0.383 e. The summed E-state index contributed by atoms with van der Waals surface area (Å²) in [5.74, 6) is 1.98. The van der Waals surface area contributed by atoms with Crippen molar-refractivity contribution in [3.8, 4) is 11.3 Å². The SMILES string of the molecule is CNc1nc(N[C@@H]2CCN(CCOC)C[C@@H]2F)nn2ccc(-c3ccc4nc(C)n(C(C)C)c4n3)c12. The Labute approximate surface area is 209 Å². The number of alkyl halides is 1. The van der Waals surface area contributed by atoms with E-state index in [9.17, 15) is 4.39 Å². The summed E-state index contributed by atoms with van der Waals surface area (Å²) < 4.78 is 23.9. The van der Waals surface area contributed by atoms with Crippen molar-refractivity contribution in [3.05, 3.63) is 30.2 Å². The van der Waals surface area contributed by atoms with Crippen molar-refractivity contribution in [3.63, 3.8) is 0 Å². The molecule has 1 aliphatic heterocycles. The van der Waals surface area contributed by atoms with Crippen molar-refractivity contribution >= 4 is 28.4 Å². The smallest absolute Gasteiger partial charge is 0.243 e. The number of halogens is 1. The van der Waals surface area contributed by atoms with E-state index < -0.39 is 6.17 Å². The number of rotatable bonds is 8. The molecular formula is C25H34FN9O. The third-order valence-corrected chi connectivity index (χ3v) is 6.81. The van der Waals surface area contributed by atoms with Crippen LogP contribution in [0.1, 0.15) is 32.1 Å². The fraction of sp³-hybridized carbons (Fsp3) is 0.520. The Kier molecular flexibility index (Phi) is 6.76.